The predicted molar refractivity (Wildman–Crippen MR) is 60.1 cm³/mol. The molecule has 4 heteroatoms. The van der Waals surface area contributed by atoms with Gasteiger partial charge in [0, 0.05) is 32.3 Å². The highest BCUT2D eigenvalue weighted by Crippen LogP contribution is 2.28. The van der Waals surface area contributed by atoms with Gasteiger partial charge in [0.15, 0.2) is 0 Å². The van der Waals surface area contributed by atoms with E-state index in [0.29, 0.717) is 24.3 Å². The fraction of sp³-hybridized carbons (Fsp3) is 0.917. The SMILES string of the molecule is O=C(CC1CCCO1)N1CC[C@H]2CNC[C@H]21. The number of hydrogen-bond acceptors (Lipinski definition) is 3. The molecule has 0 aromatic carbocycles. The Balaban J connectivity index is 1.57. The number of nitrogens with zero attached hydrogens (tertiary/aromatic N) is 1. The fourth-order valence-corrected chi connectivity index (χ4v) is 3.28. The first-order valence-corrected chi connectivity index (χ1v) is 6.46. The van der Waals surface area contributed by atoms with E-state index >= 15 is 0 Å². The predicted octanol–water partition coefficient (Wildman–Crippen LogP) is 0.376. The van der Waals surface area contributed by atoms with Crippen LogP contribution in [-0.4, -0.2) is 49.2 Å². The Kier molecular flexibility index (Phi) is 2.86. The smallest absolute Gasteiger partial charge is 0.225 e. The van der Waals surface area contributed by atoms with Crippen LogP contribution in [-0.2, 0) is 9.53 Å². The molecule has 0 bridgehead atoms. The van der Waals surface area contributed by atoms with Crippen LogP contribution in [0.15, 0.2) is 0 Å². The summed E-state index contributed by atoms with van der Waals surface area (Å²) in [6.07, 6.45) is 4.15. The van der Waals surface area contributed by atoms with Crippen LogP contribution >= 0.6 is 0 Å². The van der Waals surface area contributed by atoms with E-state index in [4.69, 9.17) is 4.74 Å². The summed E-state index contributed by atoms with van der Waals surface area (Å²) in [5.74, 6) is 1.01. The molecule has 3 atom stereocenters. The third-order valence-corrected chi connectivity index (χ3v) is 4.19. The highest BCUT2D eigenvalue weighted by molar-refractivity contribution is 5.77. The molecule has 16 heavy (non-hydrogen) atoms. The Morgan fingerprint density at radius 3 is 3.12 bits per heavy atom. The second-order valence-corrected chi connectivity index (χ2v) is 5.20. The number of amides is 1. The summed E-state index contributed by atoms with van der Waals surface area (Å²) in [4.78, 5) is 14.3. The molecule has 3 fully saturated rings. The van der Waals surface area contributed by atoms with Crippen molar-refractivity contribution < 1.29 is 9.53 Å². The van der Waals surface area contributed by atoms with Crippen molar-refractivity contribution in [1.82, 2.24) is 10.2 Å². The zero-order chi connectivity index (χ0) is 11.0. The first-order valence-electron chi connectivity index (χ1n) is 6.46. The van der Waals surface area contributed by atoms with E-state index < -0.39 is 0 Å². The van der Waals surface area contributed by atoms with Gasteiger partial charge in [-0.25, -0.2) is 0 Å². The lowest BCUT2D eigenvalue weighted by atomic mass is 10.0. The molecular weight excluding hydrogens is 204 g/mol. The number of nitrogens with one attached hydrogen (secondary N) is 1. The Morgan fingerprint density at radius 2 is 2.31 bits per heavy atom. The largest absolute Gasteiger partial charge is 0.378 e. The van der Waals surface area contributed by atoms with Crippen molar-refractivity contribution in [3.05, 3.63) is 0 Å². The Hall–Kier alpha value is -0.610. The fourth-order valence-electron chi connectivity index (χ4n) is 3.28. The zero-order valence-corrected chi connectivity index (χ0v) is 9.65. The molecule has 1 amide bonds. The van der Waals surface area contributed by atoms with Crippen LogP contribution in [0.1, 0.15) is 25.7 Å². The number of likely N-dealkylation sites (tertiary alicyclic amines) is 1. The van der Waals surface area contributed by atoms with Gasteiger partial charge >= 0.3 is 0 Å². The van der Waals surface area contributed by atoms with E-state index in [1.54, 1.807) is 0 Å². The van der Waals surface area contributed by atoms with Crippen LogP contribution in [0, 0.1) is 5.92 Å². The molecule has 0 aliphatic carbocycles. The Labute approximate surface area is 96.3 Å². The molecule has 0 radical (unpaired) electrons. The highest BCUT2D eigenvalue weighted by atomic mass is 16.5. The van der Waals surface area contributed by atoms with Crippen molar-refractivity contribution in [2.24, 2.45) is 5.92 Å². The average molecular weight is 224 g/mol. The summed E-state index contributed by atoms with van der Waals surface area (Å²) in [7, 11) is 0. The van der Waals surface area contributed by atoms with Crippen LogP contribution in [0.2, 0.25) is 0 Å². The highest BCUT2D eigenvalue weighted by Gasteiger charge is 2.40. The van der Waals surface area contributed by atoms with Gasteiger partial charge in [0.1, 0.15) is 0 Å². The van der Waals surface area contributed by atoms with Crippen LogP contribution in [0.25, 0.3) is 0 Å². The first kappa shape index (κ1) is 10.5. The van der Waals surface area contributed by atoms with E-state index in [1.807, 2.05) is 0 Å². The minimum absolute atomic E-state index is 0.195. The molecule has 3 aliphatic rings. The normalized spacial score (nSPS) is 38.0. The molecule has 3 saturated heterocycles. The van der Waals surface area contributed by atoms with Gasteiger partial charge in [0.25, 0.3) is 0 Å². The summed E-state index contributed by atoms with van der Waals surface area (Å²) in [5, 5.41) is 3.38. The number of ether oxygens (including phenoxy) is 1. The third-order valence-electron chi connectivity index (χ3n) is 4.19. The van der Waals surface area contributed by atoms with Crippen molar-refractivity contribution in [3.8, 4) is 0 Å². The second kappa shape index (κ2) is 4.34. The van der Waals surface area contributed by atoms with Crippen molar-refractivity contribution in [2.45, 2.75) is 37.8 Å². The molecule has 3 heterocycles. The molecule has 1 unspecified atom stereocenters. The summed E-state index contributed by atoms with van der Waals surface area (Å²) in [5.41, 5.74) is 0. The van der Waals surface area contributed by atoms with Gasteiger partial charge < -0.3 is 15.0 Å². The van der Waals surface area contributed by atoms with Crippen molar-refractivity contribution in [2.75, 3.05) is 26.2 Å². The van der Waals surface area contributed by atoms with E-state index in [9.17, 15) is 4.79 Å². The number of carbonyl (C=O) groups is 1. The zero-order valence-electron chi connectivity index (χ0n) is 9.65. The van der Waals surface area contributed by atoms with Gasteiger partial charge in [-0.3, -0.25) is 4.79 Å². The maximum absolute atomic E-state index is 12.2. The number of hydrogen-bond donors (Lipinski definition) is 1. The minimum Gasteiger partial charge on any atom is -0.378 e. The number of fused-ring (bicyclic) bond motifs is 1. The molecule has 0 aromatic heterocycles. The monoisotopic (exact) mass is 224 g/mol. The standard InChI is InChI=1S/C12H20N2O2/c15-12(6-10-2-1-5-16-10)14-4-3-9-7-13-8-11(9)14/h9-11,13H,1-8H2/t9-,10?,11+/m0/s1. The van der Waals surface area contributed by atoms with Crippen LogP contribution < -0.4 is 5.32 Å². The third kappa shape index (κ3) is 1.84. The Morgan fingerprint density at radius 1 is 1.38 bits per heavy atom. The lowest BCUT2D eigenvalue weighted by Crippen LogP contribution is -2.40. The average Bonchev–Trinajstić information content (AvgIpc) is 2.92. The molecule has 3 rings (SSSR count). The summed E-state index contributed by atoms with van der Waals surface area (Å²) in [6, 6.07) is 0.467. The summed E-state index contributed by atoms with van der Waals surface area (Å²) >= 11 is 0. The van der Waals surface area contributed by atoms with Crippen molar-refractivity contribution >= 4 is 5.91 Å². The molecular formula is C12H20N2O2. The van der Waals surface area contributed by atoms with Gasteiger partial charge in [0.05, 0.1) is 12.5 Å². The lowest BCUT2D eigenvalue weighted by Gasteiger charge is -2.24. The molecule has 90 valence electrons. The van der Waals surface area contributed by atoms with Gasteiger partial charge in [-0.15, -0.1) is 0 Å². The molecule has 0 saturated carbocycles. The maximum Gasteiger partial charge on any atom is 0.225 e. The molecule has 3 aliphatic heterocycles. The van der Waals surface area contributed by atoms with Gasteiger partial charge in [0.2, 0.25) is 5.91 Å². The van der Waals surface area contributed by atoms with Crippen LogP contribution in [0.4, 0.5) is 0 Å². The van der Waals surface area contributed by atoms with Crippen LogP contribution in [0.3, 0.4) is 0 Å². The quantitative estimate of drug-likeness (QED) is 0.737. The van der Waals surface area contributed by atoms with Gasteiger partial charge in [-0.05, 0) is 25.2 Å². The summed E-state index contributed by atoms with van der Waals surface area (Å²) < 4.78 is 5.53. The second-order valence-electron chi connectivity index (χ2n) is 5.20. The molecule has 0 aromatic rings. The maximum atomic E-state index is 12.2. The van der Waals surface area contributed by atoms with Crippen LogP contribution in [0.5, 0.6) is 0 Å². The lowest BCUT2D eigenvalue weighted by molar-refractivity contribution is -0.134. The Bertz CT molecular complexity index is 276. The first-order chi connectivity index (χ1) is 7.84. The van der Waals surface area contributed by atoms with Crippen molar-refractivity contribution in [1.29, 1.82) is 0 Å². The van der Waals surface area contributed by atoms with E-state index in [0.717, 1.165) is 39.1 Å². The van der Waals surface area contributed by atoms with Gasteiger partial charge in [-0.1, -0.05) is 0 Å². The van der Waals surface area contributed by atoms with Gasteiger partial charge in [-0.2, -0.15) is 0 Å². The van der Waals surface area contributed by atoms with E-state index in [1.165, 1.54) is 6.42 Å². The molecule has 0 spiro atoms. The topological polar surface area (TPSA) is 41.6 Å². The number of rotatable bonds is 2. The molecule has 4 nitrogen and oxygen atoms in total. The summed E-state index contributed by atoms with van der Waals surface area (Å²) in [6.45, 7) is 3.88. The van der Waals surface area contributed by atoms with Crippen molar-refractivity contribution in [3.63, 3.8) is 0 Å². The van der Waals surface area contributed by atoms with E-state index in [2.05, 4.69) is 10.2 Å². The molecule has 1 N–H and O–H groups in total. The number of carbonyl (C=O) groups excluding carboxylic acids is 1. The minimum atomic E-state index is 0.195. The van der Waals surface area contributed by atoms with E-state index in [-0.39, 0.29) is 6.10 Å².